The summed E-state index contributed by atoms with van der Waals surface area (Å²) in [6.45, 7) is 9.53. The maximum atomic E-state index is 14.9. The predicted molar refractivity (Wildman–Crippen MR) is 95.9 cm³/mol. The zero-order chi connectivity index (χ0) is 18.3. The Bertz CT molecular complexity index is 805. The number of nitrogens with two attached hydrogens (primary N) is 1. The monoisotopic (exact) mass is 343 g/mol. The molecule has 1 aliphatic carbocycles. The van der Waals surface area contributed by atoms with Crippen LogP contribution in [0.1, 0.15) is 35.3 Å². The minimum Gasteiger partial charge on any atom is -0.366 e. The number of primary amides is 1. The van der Waals surface area contributed by atoms with E-state index >= 15 is 0 Å². The molecule has 132 valence electrons. The lowest BCUT2D eigenvalue weighted by Crippen LogP contribution is -2.48. The molecule has 0 bridgehead atoms. The van der Waals surface area contributed by atoms with Crippen LogP contribution in [0.15, 0.2) is 24.3 Å². The van der Waals surface area contributed by atoms with Gasteiger partial charge < -0.3 is 15.5 Å². The zero-order valence-electron chi connectivity index (χ0n) is 14.6. The second kappa shape index (κ2) is 6.35. The Morgan fingerprint density at radius 3 is 2.44 bits per heavy atom. The SMILES string of the molecule is C=CC(=O)N1CCN(c2c(F)cc(C(N)=O)c3c2C(C)=C(C)C3)CC1. The summed E-state index contributed by atoms with van der Waals surface area (Å²) in [5.74, 6) is -1.16. The molecule has 1 aromatic carbocycles. The van der Waals surface area contributed by atoms with Crippen LogP contribution < -0.4 is 10.6 Å². The average Bonchev–Trinajstić information content (AvgIpc) is 2.89. The minimum absolute atomic E-state index is 0.110. The van der Waals surface area contributed by atoms with E-state index in [2.05, 4.69) is 6.58 Å². The third kappa shape index (κ3) is 2.81. The molecule has 0 radical (unpaired) electrons. The number of halogens is 1. The first-order valence-corrected chi connectivity index (χ1v) is 8.33. The number of anilines is 1. The molecule has 1 aliphatic heterocycles. The summed E-state index contributed by atoms with van der Waals surface area (Å²) < 4.78 is 14.9. The molecule has 3 rings (SSSR count). The van der Waals surface area contributed by atoms with Crippen molar-refractivity contribution in [3.63, 3.8) is 0 Å². The molecule has 0 atom stereocenters. The Kier molecular flexibility index (Phi) is 4.37. The molecule has 0 aromatic heterocycles. The van der Waals surface area contributed by atoms with Gasteiger partial charge in [0.05, 0.1) is 5.69 Å². The van der Waals surface area contributed by atoms with Crippen molar-refractivity contribution in [2.24, 2.45) is 5.73 Å². The Morgan fingerprint density at radius 1 is 1.24 bits per heavy atom. The summed E-state index contributed by atoms with van der Waals surface area (Å²) in [7, 11) is 0. The predicted octanol–water partition coefficient (Wildman–Crippen LogP) is 2.11. The molecule has 5 nitrogen and oxygen atoms in total. The van der Waals surface area contributed by atoms with Crippen LogP contribution in [0.25, 0.3) is 5.57 Å². The van der Waals surface area contributed by atoms with Crippen molar-refractivity contribution >= 4 is 23.1 Å². The van der Waals surface area contributed by atoms with Crippen LogP contribution in [-0.2, 0) is 11.2 Å². The van der Waals surface area contributed by atoms with Gasteiger partial charge in [0.15, 0.2) is 0 Å². The topological polar surface area (TPSA) is 66.6 Å². The fraction of sp³-hybridized carbons (Fsp3) is 0.368. The van der Waals surface area contributed by atoms with Gasteiger partial charge in [0.1, 0.15) is 5.82 Å². The standard InChI is InChI=1S/C19H22FN3O2/c1-4-16(24)22-5-7-23(8-6-22)18-15(20)10-14(19(21)25)13-9-11(2)12(3)17(13)18/h4,10H,1,5-9H2,2-3H3,(H2,21,25). The van der Waals surface area contributed by atoms with Gasteiger partial charge in [-0.1, -0.05) is 12.2 Å². The van der Waals surface area contributed by atoms with Gasteiger partial charge in [-0.25, -0.2) is 4.39 Å². The van der Waals surface area contributed by atoms with E-state index in [0.717, 1.165) is 22.3 Å². The number of carbonyl (C=O) groups excluding carboxylic acids is 2. The first-order valence-electron chi connectivity index (χ1n) is 8.33. The van der Waals surface area contributed by atoms with Gasteiger partial charge in [0, 0.05) is 37.3 Å². The van der Waals surface area contributed by atoms with E-state index in [4.69, 9.17) is 5.73 Å². The maximum Gasteiger partial charge on any atom is 0.249 e. The lowest BCUT2D eigenvalue weighted by atomic mass is 9.96. The van der Waals surface area contributed by atoms with Crippen LogP contribution in [0.5, 0.6) is 0 Å². The van der Waals surface area contributed by atoms with Gasteiger partial charge in [0.25, 0.3) is 0 Å². The minimum atomic E-state index is -0.606. The van der Waals surface area contributed by atoms with Crippen molar-refractivity contribution in [2.75, 3.05) is 31.1 Å². The van der Waals surface area contributed by atoms with Crippen molar-refractivity contribution < 1.29 is 14.0 Å². The third-order valence-corrected chi connectivity index (χ3v) is 5.17. The van der Waals surface area contributed by atoms with Crippen LogP contribution >= 0.6 is 0 Å². The Balaban J connectivity index is 2.01. The van der Waals surface area contributed by atoms with Crippen LogP contribution in [0.4, 0.5) is 10.1 Å². The van der Waals surface area contributed by atoms with Gasteiger partial charge in [-0.05, 0) is 43.5 Å². The summed E-state index contributed by atoms with van der Waals surface area (Å²) in [6.07, 6.45) is 1.91. The third-order valence-electron chi connectivity index (χ3n) is 5.17. The van der Waals surface area contributed by atoms with Crippen LogP contribution in [-0.4, -0.2) is 42.9 Å². The second-order valence-electron chi connectivity index (χ2n) is 6.57. The lowest BCUT2D eigenvalue weighted by Gasteiger charge is -2.37. The second-order valence-corrected chi connectivity index (χ2v) is 6.57. The fourth-order valence-electron chi connectivity index (χ4n) is 3.69. The lowest BCUT2D eigenvalue weighted by molar-refractivity contribution is -0.126. The molecule has 1 heterocycles. The van der Waals surface area contributed by atoms with Gasteiger partial charge in [0.2, 0.25) is 11.8 Å². The largest absolute Gasteiger partial charge is 0.366 e. The van der Waals surface area contributed by atoms with E-state index in [1.807, 2.05) is 18.7 Å². The van der Waals surface area contributed by atoms with E-state index < -0.39 is 11.7 Å². The van der Waals surface area contributed by atoms with Crippen molar-refractivity contribution in [3.8, 4) is 0 Å². The van der Waals surface area contributed by atoms with Gasteiger partial charge in [-0.3, -0.25) is 9.59 Å². The molecule has 0 spiro atoms. The van der Waals surface area contributed by atoms with Crippen LogP contribution in [0, 0.1) is 5.82 Å². The highest BCUT2D eigenvalue weighted by Crippen LogP contribution is 2.42. The molecule has 1 saturated heterocycles. The highest BCUT2D eigenvalue weighted by atomic mass is 19.1. The molecule has 2 N–H and O–H groups in total. The summed E-state index contributed by atoms with van der Waals surface area (Å²) in [6, 6.07) is 1.25. The first-order chi connectivity index (χ1) is 11.8. The van der Waals surface area contributed by atoms with Crippen molar-refractivity contribution in [1.82, 2.24) is 4.90 Å². The molecule has 1 aromatic rings. The van der Waals surface area contributed by atoms with Crippen molar-refractivity contribution in [1.29, 1.82) is 0 Å². The number of carbonyl (C=O) groups is 2. The van der Waals surface area contributed by atoms with E-state index in [-0.39, 0.29) is 11.5 Å². The van der Waals surface area contributed by atoms with Gasteiger partial charge in [-0.15, -0.1) is 0 Å². The normalized spacial score (nSPS) is 16.9. The Labute approximate surface area is 146 Å². The van der Waals surface area contributed by atoms with Gasteiger partial charge in [-0.2, -0.15) is 0 Å². The van der Waals surface area contributed by atoms with E-state index in [0.29, 0.717) is 38.3 Å². The van der Waals surface area contributed by atoms with Crippen molar-refractivity contribution in [3.05, 3.63) is 46.8 Å². The molecule has 25 heavy (non-hydrogen) atoms. The zero-order valence-corrected chi connectivity index (χ0v) is 14.6. The Hall–Kier alpha value is -2.63. The number of allylic oxidation sites excluding steroid dienone is 2. The highest BCUT2D eigenvalue weighted by molar-refractivity contribution is 5.99. The van der Waals surface area contributed by atoms with Gasteiger partial charge >= 0.3 is 0 Å². The number of piperazine rings is 1. The number of benzene rings is 1. The number of nitrogens with zero attached hydrogens (tertiary/aromatic N) is 2. The molecule has 0 saturated carbocycles. The maximum absolute atomic E-state index is 14.9. The average molecular weight is 343 g/mol. The Morgan fingerprint density at radius 2 is 1.88 bits per heavy atom. The van der Waals surface area contributed by atoms with Crippen molar-refractivity contribution in [2.45, 2.75) is 20.3 Å². The smallest absolute Gasteiger partial charge is 0.249 e. The number of amides is 2. The fourth-order valence-corrected chi connectivity index (χ4v) is 3.69. The molecule has 6 heteroatoms. The van der Waals surface area contributed by atoms with Crippen LogP contribution in [0.2, 0.25) is 0 Å². The van der Waals surface area contributed by atoms with E-state index in [9.17, 15) is 14.0 Å². The first kappa shape index (κ1) is 17.2. The molecular formula is C19H22FN3O2. The summed E-state index contributed by atoms with van der Waals surface area (Å²) >= 11 is 0. The van der Waals surface area contributed by atoms with E-state index in [1.165, 1.54) is 12.1 Å². The molecule has 1 fully saturated rings. The number of rotatable bonds is 3. The molecular weight excluding hydrogens is 321 g/mol. The molecule has 2 amide bonds. The summed E-state index contributed by atoms with van der Waals surface area (Å²) in [5.41, 5.74) is 9.93. The summed E-state index contributed by atoms with van der Waals surface area (Å²) in [5, 5.41) is 0. The molecule has 2 aliphatic rings. The number of hydrogen-bond donors (Lipinski definition) is 1. The van der Waals surface area contributed by atoms with Crippen LogP contribution in [0.3, 0.4) is 0 Å². The molecule has 0 unspecified atom stereocenters. The summed E-state index contributed by atoms with van der Waals surface area (Å²) in [4.78, 5) is 27.1. The highest BCUT2D eigenvalue weighted by Gasteiger charge is 2.31. The van der Waals surface area contributed by atoms with E-state index in [1.54, 1.807) is 4.90 Å². The number of fused-ring (bicyclic) bond motifs is 1. The number of hydrogen-bond acceptors (Lipinski definition) is 3. The quantitative estimate of drug-likeness (QED) is 0.855.